The van der Waals surface area contributed by atoms with Gasteiger partial charge in [0.1, 0.15) is 5.69 Å². The quantitative estimate of drug-likeness (QED) is 0.671. The van der Waals surface area contributed by atoms with Gasteiger partial charge in [-0.25, -0.2) is 5.48 Å². The molecule has 5 heteroatoms. The zero-order valence-corrected chi connectivity index (χ0v) is 12.4. The van der Waals surface area contributed by atoms with Crippen molar-refractivity contribution in [2.45, 2.75) is 26.4 Å². The molecule has 0 radical (unpaired) electrons. The highest BCUT2D eigenvalue weighted by Gasteiger charge is 2.18. The van der Waals surface area contributed by atoms with Crippen molar-refractivity contribution in [2.75, 3.05) is 5.73 Å². The number of rotatable bonds is 3. The van der Waals surface area contributed by atoms with Crippen LogP contribution in [0, 0.1) is 0 Å². The first-order chi connectivity index (χ1) is 9.88. The van der Waals surface area contributed by atoms with Crippen LogP contribution in [0.15, 0.2) is 42.6 Å². The van der Waals surface area contributed by atoms with E-state index in [2.05, 4.69) is 10.5 Å². The van der Waals surface area contributed by atoms with Gasteiger partial charge in [-0.05, 0) is 32.9 Å². The van der Waals surface area contributed by atoms with Crippen LogP contribution in [0.4, 0.5) is 5.69 Å². The molecular formula is C16H19N3O2. The average molecular weight is 285 g/mol. The first kappa shape index (κ1) is 15.0. The summed E-state index contributed by atoms with van der Waals surface area (Å²) in [6.07, 6.45) is 1.56. The number of anilines is 1. The maximum absolute atomic E-state index is 12.3. The number of nitrogens with two attached hydrogens (primary N) is 1. The molecule has 1 heterocycles. The minimum Gasteiger partial charge on any atom is -0.398 e. The Balaban J connectivity index is 2.34. The first-order valence-electron chi connectivity index (χ1n) is 6.67. The Morgan fingerprint density at radius 1 is 1.14 bits per heavy atom. The molecule has 0 saturated heterocycles. The van der Waals surface area contributed by atoms with E-state index in [1.165, 1.54) is 0 Å². The highest BCUT2D eigenvalue weighted by molar-refractivity contribution is 5.99. The molecule has 3 N–H and O–H groups in total. The highest BCUT2D eigenvalue weighted by Crippen LogP contribution is 2.27. The van der Waals surface area contributed by atoms with Crippen LogP contribution >= 0.6 is 0 Å². The van der Waals surface area contributed by atoms with Crippen molar-refractivity contribution in [3.63, 3.8) is 0 Å². The molecule has 2 rings (SSSR count). The standard InChI is InChI=1S/C16H19N3O2/c1-16(2,3)21-19-15(20)14-12(8-6-10-18-14)11-7-4-5-9-13(11)17/h4-10H,17H2,1-3H3,(H,19,20). The van der Waals surface area contributed by atoms with Crippen molar-refractivity contribution < 1.29 is 9.63 Å². The van der Waals surface area contributed by atoms with E-state index in [-0.39, 0.29) is 5.69 Å². The lowest BCUT2D eigenvalue weighted by molar-refractivity contribution is -0.0591. The average Bonchev–Trinajstić information content (AvgIpc) is 2.44. The summed E-state index contributed by atoms with van der Waals surface area (Å²) < 4.78 is 0. The van der Waals surface area contributed by atoms with Crippen LogP contribution in [0.2, 0.25) is 0 Å². The Morgan fingerprint density at radius 2 is 1.81 bits per heavy atom. The van der Waals surface area contributed by atoms with Gasteiger partial charge in [0.2, 0.25) is 0 Å². The number of aromatic nitrogens is 1. The van der Waals surface area contributed by atoms with Gasteiger partial charge in [0.15, 0.2) is 0 Å². The van der Waals surface area contributed by atoms with Crippen LogP contribution in [-0.4, -0.2) is 16.5 Å². The Hall–Kier alpha value is -2.40. The molecule has 1 amide bonds. The fraction of sp³-hybridized carbons (Fsp3) is 0.250. The fourth-order valence-electron chi connectivity index (χ4n) is 1.79. The third kappa shape index (κ3) is 3.79. The number of hydroxylamine groups is 1. The number of hydrogen-bond donors (Lipinski definition) is 2. The third-order valence-electron chi connectivity index (χ3n) is 2.72. The van der Waals surface area contributed by atoms with Gasteiger partial charge in [0.05, 0.1) is 5.60 Å². The molecule has 5 nitrogen and oxygen atoms in total. The normalized spacial score (nSPS) is 11.2. The monoisotopic (exact) mass is 285 g/mol. The second-order valence-corrected chi connectivity index (χ2v) is 5.63. The van der Waals surface area contributed by atoms with Crippen LogP contribution in [0.1, 0.15) is 31.3 Å². The lowest BCUT2D eigenvalue weighted by Gasteiger charge is -2.19. The largest absolute Gasteiger partial charge is 0.398 e. The molecule has 0 aliphatic carbocycles. The summed E-state index contributed by atoms with van der Waals surface area (Å²) in [4.78, 5) is 21.7. The van der Waals surface area contributed by atoms with Crippen molar-refractivity contribution in [1.82, 2.24) is 10.5 Å². The zero-order chi connectivity index (χ0) is 15.5. The molecule has 0 spiro atoms. The van der Waals surface area contributed by atoms with E-state index in [0.29, 0.717) is 11.3 Å². The number of carbonyl (C=O) groups excluding carboxylic acids is 1. The number of benzene rings is 1. The maximum Gasteiger partial charge on any atom is 0.294 e. The van der Waals surface area contributed by atoms with Gasteiger partial charge in [-0.1, -0.05) is 24.3 Å². The Labute approximate surface area is 124 Å². The predicted molar refractivity (Wildman–Crippen MR) is 82.4 cm³/mol. The minimum absolute atomic E-state index is 0.277. The van der Waals surface area contributed by atoms with Crippen molar-refractivity contribution >= 4 is 11.6 Å². The van der Waals surface area contributed by atoms with Gasteiger partial charge in [0.25, 0.3) is 5.91 Å². The second kappa shape index (κ2) is 5.93. The summed E-state index contributed by atoms with van der Waals surface area (Å²) >= 11 is 0. The summed E-state index contributed by atoms with van der Waals surface area (Å²) in [6.45, 7) is 5.55. The number of nitrogens with one attached hydrogen (secondary N) is 1. The van der Waals surface area contributed by atoms with Gasteiger partial charge >= 0.3 is 0 Å². The molecule has 110 valence electrons. The van der Waals surface area contributed by atoms with Crippen molar-refractivity contribution in [2.24, 2.45) is 0 Å². The molecule has 0 atom stereocenters. The molecular weight excluding hydrogens is 266 g/mol. The van der Waals surface area contributed by atoms with E-state index < -0.39 is 11.5 Å². The number of hydrogen-bond acceptors (Lipinski definition) is 4. The SMILES string of the molecule is CC(C)(C)ONC(=O)c1ncccc1-c1ccccc1N. The summed E-state index contributed by atoms with van der Waals surface area (Å²) in [6, 6.07) is 10.9. The van der Waals surface area contributed by atoms with Crippen LogP contribution in [0.5, 0.6) is 0 Å². The molecule has 21 heavy (non-hydrogen) atoms. The summed E-state index contributed by atoms with van der Waals surface area (Å²) in [7, 11) is 0. The molecule has 1 aromatic carbocycles. The fourth-order valence-corrected chi connectivity index (χ4v) is 1.79. The van der Waals surface area contributed by atoms with E-state index in [9.17, 15) is 4.79 Å². The summed E-state index contributed by atoms with van der Waals surface area (Å²) in [5.41, 5.74) is 10.2. The summed E-state index contributed by atoms with van der Waals surface area (Å²) in [5, 5.41) is 0. The molecule has 0 unspecified atom stereocenters. The Kier molecular flexibility index (Phi) is 4.23. The molecule has 0 fully saturated rings. The maximum atomic E-state index is 12.3. The number of para-hydroxylation sites is 1. The molecule has 0 saturated carbocycles. The van der Waals surface area contributed by atoms with E-state index in [1.807, 2.05) is 45.0 Å². The second-order valence-electron chi connectivity index (χ2n) is 5.63. The molecule has 0 bridgehead atoms. The summed E-state index contributed by atoms with van der Waals surface area (Å²) in [5.74, 6) is -0.399. The number of pyridine rings is 1. The predicted octanol–water partition coefficient (Wildman–Crippen LogP) is 2.79. The lowest BCUT2D eigenvalue weighted by Crippen LogP contribution is -2.34. The molecule has 0 aliphatic rings. The molecule has 1 aromatic heterocycles. The smallest absolute Gasteiger partial charge is 0.294 e. The van der Waals surface area contributed by atoms with Crippen molar-refractivity contribution in [3.8, 4) is 11.1 Å². The zero-order valence-electron chi connectivity index (χ0n) is 12.4. The number of nitrogen functional groups attached to an aromatic ring is 1. The van der Waals surface area contributed by atoms with Crippen LogP contribution in [0.3, 0.4) is 0 Å². The van der Waals surface area contributed by atoms with Gasteiger partial charge in [-0.3, -0.25) is 14.6 Å². The van der Waals surface area contributed by atoms with Crippen LogP contribution in [-0.2, 0) is 4.84 Å². The minimum atomic E-state index is -0.476. The van der Waals surface area contributed by atoms with Crippen molar-refractivity contribution in [3.05, 3.63) is 48.3 Å². The van der Waals surface area contributed by atoms with Gasteiger partial charge in [-0.2, -0.15) is 0 Å². The van der Waals surface area contributed by atoms with E-state index in [1.54, 1.807) is 18.3 Å². The Morgan fingerprint density at radius 3 is 2.48 bits per heavy atom. The number of amides is 1. The van der Waals surface area contributed by atoms with Crippen molar-refractivity contribution in [1.29, 1.82) is 0 Å². The van der Waals surface area contributed by atoms with E-state index in [4.69, 9.17) is 10.6 Å². The van der Waals surface area contributed by atoms with Crippen LogP contribution in [0.25, 0.3) is 11.1 Å². The van der Waals surface area contributed by atoms with Gasteiger partial charge in [-0.15, -0.1) is 0 Å². The van der Waals surface area contributed by atoms with Crippen LogP contribution < -0.4 is 11.2 Å². The van der Waals surface area contributed by atoms with Gasteiger partial charge in [0, 0.05) is 23.0 Å². The third-order valence-corrected chi connectivity index (χ3v) is 2.72. The highest BCUT2D eigenvalue weighted by atomic mass is 16.7. The lowest BCUT2D eigenvalue weighted by atomic mass is 10.0. The number of nitrogens with zero attached hydrogens (tertiary/aromatic N) is 1. The Bertz CT molecular complexity index is 648. The van der Waals surface area contributed by atoms with E-state index >= 15 is 0 Å². The van der Waals surface area contributed by atoms with Gasteiger partial charge < -0.3 is 5.73 Å². The molecule has 2 aromatic rings. The topological polar surface area (TPSA) is 77.2 Å². The first-order valence-corrected chi connectivity index (χ1v) is 6.67. The van der Waals surface area contributed by atoms with E-state index in [0.717, 1.165) is 5.56 Å². The molecule has 0 aliphatic heterocycles. The number of carbonyl (C=O) groups is 1.